The van der Waals surface area contributed by atoms with Gasteiger partial charge >= 0.3 is 4.87 Å². The standard InChI is InChI=1S/C18H19ClN6O5S2/c1-9(27)16(7-26)30-17(32-10-2-11(19)12(3-20)21-4-10)15(28)6-25-5-13(23-24-25)14-8-31-18(29)22-14/h2,4-5,8-9,15-17,26-28H,6-7H2,1H3,(H,22,29)/t9-,15+,16?,17?/m1/s1. The summed E-state index contributed by atoms with van der Waals surface area (Å²) in [7, 11) is 0. The second-order valence-corrected chi connectivity index (χ2v) is 9.07. The van der Waals surface area contributed by atoms with Gasteiger partial charge in [0.25, 0.3) is 0 Å². The van der Waals surface area contributed by atoms with Crippen molar-refractivity contribution in [3.8, 4) is 17.5 Å². The SMILES string of the molecule is C[C@@H](O)C(CO)OC(Sc1cnc(C#N)c(Cl)c1)[C@@H](O)Cn1cc(-c2csc(=O)[nH]2)nn1. The Bertz CT molecular complexity index is 1140. The summed E-state index contributed by atoms with van der Waals surface area (Å²) in [6.07, 6.45) is -0.133. The van der Waals surface area contributed by atoms with E-state index in [2.05, 4.69) is 20.3 Å². The first-order chi connectivity index (χ1) is 15.3. The van der Waals surface area contributed by atoms with Crippen LogP contribution in [0.15, 0.2) is 33.5 Å². The summed E-state index contributed by atoms with van der Waals surface area (Å²) in [6.45, 7) is 0.960. The van der Waals surface area contributed by atoms with E-state index in [0.29, 0.717) is 16.3 Å². The smallest absolute Gasteiger partial charge is 0.304 e. The largest absolute Gasteiger partial charge is 0.394 e. The number of nitrogens with one attached hydrogen (secondary N) is 1. The van der Waals surface area contributed by atoms with Gasteiger partial charge in [-0.3, -0.25) is 4.79 Å². The molecule has 3 heterocycles. The van der Waals surface area contributed by atoms with Gasteiger partial charge in [0.1, 0.15) is 29.4 Å². The molecule has 0 amide bonds. The van der Waals surface area contributed by atoms with Crippen molar-refractivity contribution in [2.24, 2.45) is 0 Å². The van der Waals surface area contributed by atoms with Crippen LogP contribution in [0, 0.1) is 11.3 Å². The molecule has 14 heteroatoms. The maximum absolute atomic E-state index is 11.3. The normalized spacial score (nSPS) is 15.1. The van der Waals surface area contributed by atoms with Crippen molar-refractivity contribution >= 4 is 34.7 Å². The van der Waals surface area contributed by atoms with Gasteiger partial charge in [-0.2, -0.15) is 5.26 Å². The molecule has 32 heavy (non-hydrogen) atoms. The Morgan fingerprint density at radius 3 is 2.84 bits per heavy atom. The van der Waals surface area contributed by atoms with E-state index in [4.69, 9.17) is 21.6 Å². The zero-order chi connectivity index (χ0) is 23.3. The molecular formula is C18H19ClN6O5S2. The van der Waals surface area contributed by atoms with Gasteiger partial charge in [0.05, 0.1) is 36.2 Å². The van der Waals surface area contributed by atoms with E-state index in [0.717, 1.165) is 23.1 Å². The second-order valence-electron chi connectivity index (χ2n) is 6.65. The molecule has 2 unspecified atom stereocenters. The number of nitrogens with zero attached hydrogens (tertiary/aromatic N) is 5. The quantitative estimate of drug-likeness (QED) is 0.232. The highest BCUT2D eigenvalue weighted by Crippen LogP contribution is 2.30. The molecule has 4 atom stereocenters. The van der Waals surface area contributed by atoms with Gasteiger partial charge in [-0.1, -0.05) is 39.9 Å². The minimum atomic E-state index is -1.15. The van der Waals surface area contributed by atoms with Crippen molar-refractivity contribution in [1.29, 1.82) is 5.26 Å². The number of nitriles is 1. The first-order valence-corrected chi connectivity index (χ1v) is 11.4. The molecule has 0 aliphatic heterocycles. The molecule has 0 saturated carbocycles. The Hall–Kier alpha value is -2.31. The third-order valence-electron chi connectivity index (χ3n) is 4.22. The predicted octanol–water partition coefficient (Wildman–Crippen LogP) is 0.853. The number of ether oxygens (including phenoxy) is 1. The fourth-order valence-electron chi connectivity index (χ4n) is 2.57. The van der Waals surface area contributed by atoms with Crippen molar-refractivity contribution in [3.05, 3.63) is 44.2 Å². The minimum Gasteiger partial charge on any atom is -0.394 e. The highest BCUT2D eigenvalue weighted by atomic mass is 35.5. The molecule has 11 nitrogen and oxygen atoms in total. The molecule has 4 N–H and O–H groups in total. The number of pyridine rings is 1. The molecular weight excluding hydrogens is 480 g/mol. The van der Waals surface area contributed by atoms with Crippen LogP contribution in [0.25, 0.3) is 11.4 Å². The summed E-state index contributed by atoms with van der Waals surface area (Å²) in [4.78, 5) is 18.2. The first kappa shape index (κ1) is 24.3. The average Bonchev–Trinajstić information content (AvgIpc) is 3.39. The van der Waals surface area contributed by atoms with Crippen LogP contribution in [0.4, 0.5) is 0 Å². The van der Waals surface area contributed by atoms with Crippen LogP contribution in [0.3, 0.4) is 0 Å². The Morgan fingerprint density at radius 1 is 1.47 bits per heavy atom. The molecule has 0 aromatic carbocycles. The zero-order valence-electron chi connectivity index (χ0n) is 16.6. The number of thiazole rings is 1. The summed E-state index contributed by atoms with van der Waals surface area (Å²) in [5, 5.41) is 48.9. The number of aliphatic hydroxyl groups is 3. The number of aromatic nitrogens is 5. The van der Waals surface area contributed by atoms with E-state index < -0.39 is 30.4 Å². The van der Waals surface area contributed by atoms with E-state index >= 15 is 0 Å². The molecule has 3 aromatic heterocycles. The van der Waals surface area contributed by atoms with E-state index in [1.165, 1.54) is 23.9 Å². The van der Waals surface area contributed by atoms with Crippen molar-refractivity contribution in [2.45, 2.75) is 42.1 Å². The number of rotatable bonds is 10. The number of aromatic amines is 1. The Kier molecular flexibility index (Phi) is 8.38. The van der Waals surface area contributed by atoms with Gasteiger partial charge in [-0.25, -0.2) is 9.67 Å². The molecule has 170 valence electrons. The average molecular weight is 499 g/mol. The first-order valence-electron chi connectivity index (χ1n) is 9.23. The highest BCUT2D eigenvalue weighted by Gasteiger charge is 2.28. The van der Waals surface area contributed by atoms with Crippen LogP contribution in [0.1, 0.15) is 12.6 Å². The van der Waals surface area contributed by atoms with Crippen LogP contribution < -0.4 is 4.87 Å². The number of halogens is 1. The van der Waals surface area contributed by atoms with Gasteiger partial charge in [0.15, 0.2) is 5.69 Å². The fraction of sp³-hybridized carbons (Fsp3) is 0.389. The lowest BCUT2D eigenvalue weighted by molar-refractivity contribution is -0.0972. The van der Waals surface area contributed by atoms with Crippen LogP contribution in [0.5, 0.6) is 0 Å². The van der Waals surface area contributed by atoms with Crippen LogP contribution in [-0.2, 0) is 11.3 Å². The number of H-pyrrole nitrogens is 1. The Labute approximate surface area is 195 Å². The zero-order valence-corrected chi connectivity index (χ0v) is 19.0. The van der Waals surface area contributed by atoms with Crippen molar-refractivity contribution < 1.29 is 20.1 Å². The van der Waals surface area contributed by atoms with E-state index in [1.807, 2.05) is 6.07 Å². The number of hydrogen-bond acceptors (Lipinski definition) is 11. The summed E-state index contributed by atoms with van der Waals surface area (Å²) >= 11 is 8.10. The molecule has 3 aromatic rings. The van der Waals surface area contributed by atoms with E-state index in [9.17, 15) is 20.1 Å². The molecule has 0 saturated heterocycles. The van der Waals surface area contributed by atoms with Crippen molar-refractivity contribution in [1.82, 2.24) is 25.0 Å². The number of hydrogen-bond donors (Lipinski definition) is 4. The van der Waals surface area contributed by atoms with E-state index in [1.54, 1.807) is 11.6 Å². The maximum atomic E-state index is 11.3. The van der Waals surface area contributed by atoms with Gasteiger partial charge in [0.2, 0.25) is 0 Å². The van der Waals surface area contributed by atoms with Gasteiger partial charge < -0.3 is 25.0 Å². The topological polar surface area (TPSA) is 170 Å². The third kappa shape index (κ3) is 6.14. The van der Waals surface area contributed by atoms with Crippen molar-refractivity contribution in [2.75, 3.05) is 6.61 Å². The lowest BCUT2D eigenvalue weighted by Crippen LogP contribution is -2.39. The molecule has 0 aliphatic rings. The summed E-state index contributed by atoms with van der Waals surface area (Å²) in [5.74, 6) is 0. The van der Waals surface area contributed by atoms with Crippen molar-refractivity contribution in [3.63, 3.8) is 0 Å². The summed E-state index contributed by atoms with van der Waals surface area (Å²) < 4.78 is 7.14. The molecule has 0 fully saturated rings. The predicted molar refractivity (Wildman–Crippen MR) is 117 cm³/mol. The highest BCUT2D eigenvalue weighted by molar-refractivity contribution is 7.99. The van der Waals surface area contributed by atoms with Gasteiger partial charge in [0, 0.05) is 16.5 Å². The van der Waals surface area contributed by atoms with Gasteiger partial charge in [-0.05, 0) is 13.0 Å². The lowest BCUT2D eigenvalue weighted by Gasteiger charge is -2.28. The maximum Gasteiger partial charge on any atom is 0.304 e. The van der Waals surface area contributed by atoms with Crippen LogP contribution in [-0.4, -0.2) is 70.6 Å². The van der Waals surface area contributed by atoms with E-state index in [-0.39, 0.29) is 22.1 Å². The monoisotopic (exact) mass is 498 g/mol. The molecule has 0 spiro atoms. The molecule has 0 aliphatic carbocycles. The van der Waals surface area contributed by atoms with Gasteiger partial charge in [-0.15, -0.1) is 5.10 Å². The minimum absolute atomic E-state index is 0.0333. The fourth-order valence-corrected chi connectivity index (χ4v) is 4.43. The molecule has 3 rings (SSSR count). The number of aliphatic hydroxyl groups excluding tert-OH is 3. The van der Waals surface area contributed by atoms with Crippen LogP contribution in [0.2, 0.25) is 5.02 Å². The Morgan fingerprint density at radius 2 is 2.25 bits per heavy atom. The summed E-state index contributed by atoms with van der Waals surface area (Å²) in [6, 6.07) is 3.38. The second kappa shape index (κ2) is 11.0. The third-order valence-corrected chi connectivity index (χ3v) is 6.34. The van der Waals surface area contributed by atoms with Crippen LogP contribution >= 0.6 is 34.7 Å². The number of thioether (sulfide) groups is 1. The summed E-state index contributed by atoms with van der Waals surface area (Å²) in [5.41, 5.74) is 0.0469. The lowest BCUT2D eigenvalue weighted by atomic mass is 10.2. The Balaban J connectivity index is 1.78. The molecule has 0 radical (unpaired) electrons. The molecule has 0 bridgehead atoms.